The van der Waals surface area contributed by atoms with E-state index >= 15 is 0 Å². The first-order chi connectivity index (χ1) is 9.15. The van der Waals surface area contributed by atoms with Gasteiger partial charge >= 0.3 is 0 Å². The lowest BCUT2D eigenvalue weighted by Gasteiger charge is -2.28. The van der Waals surface area contributed by atoms with Crippen LogP contribution in [0.3, 0.4) is 0 Å². The molecule has 1 N–H and O–H groups in total. The third-order valence-electron chi connectivity index (χ3n) is 3.81. The van der Waals surface area contributed by atoms with E-state index in [1.807, 2.05) is 18.2 Å². The first-order valence-corrected chi connectivity index (χ1v) is 7.31. The summed E-state index contributed by atoms with van der Waals surface area (Å²) in [4.78, 5) is 22.1. The van der Waals surface area contributed by atoms with Gasteiger partial charge in [-0.2, -0.15) is 0 Å². The number of piperidine rings is 1. The molecule has 0 spiro atoms. The number of rotatable bonds is 1. The molecule has 1 aliphatic rings. The molecule has 0 atom stereocenters. The Hall–Kier alpha value is -1.20. The van der Waals surface area contributed by atoms with E-state index < -0.39 is 0 Å². The van der Waals surface area contributed by atoms with Crippen LogP contribution in [-0.4, -0.2) is 35.0 Å². The number of hydrogen-bond donors (Lipinski definition) is 1. The molecule has 1 aliphatic heterocycles. The molecule has 3 rings (SSSR count). The summed E-state index contributed by atoms with van der Waals surface area (Å²) in [6.45, 7) is 2.12. The summed E-state index contributed by atoms with van der Waals surface area (Å²) in [5.41, 5.74) is 0.723. The second-order valence-electron chi connectivity index (χ2n) is 5.16. The number of benzene rings is 1. The predicted molar refractivity (Wildman–Crippen MR) is 79.5 cm³/mol. The highest BCUT2D eigenvalue weighted by molar-refractivity contribution is 9.10. The molecule has 0 unspecified atom stereocenters. The van der Waals surface area contributed by atoms with Crippen molar-refractivity contribution in [2.45, 2.75) is 18.8 Å². The fourth-order valence-corrected chi connectivity index (χ4v) is 3.07. The standard InChI is InChI=1S/C14H16BrN3O/c1-18-7-5-9(6-8-18)13-16-12-10(14(19)17-13)3-2-4-11(12)15/h2-4,9H,5-8H2,1H3,(H,16,17,19). The zero-order valence-corrected chi connectivity index (χ0v) is 12.4. The van der Waals surface area contributed by atoms with Crippen LogP contribution in [0.4, 0.5) is 0 Å². The van der Waals surface area contributed by atoms with Crippen LogP contribution in [0, 0.1) is 0 Å². The summed E-state index contributed by atoms with van der Waals surface area (Å²) in [6.07, 6.45) is 2.10. The average molecular weight is 322 g/mol. The minimum absolute atomic E-state index is 0.0415. The van der Waals surface area contributed by atoms with E-state index in [1.54, 1.807) is 0 Å². The minimum Gasteiger partial charge on any atom is -0.310 e. The Balaban J connectivity index is 2.06. The number of aromatic nitrogens is 2. The Bertz CT molecular complexity index is 659. The number of H-pyrrole nitrogens is 1. The molecule has 1 aromatic heterocycles. The molecule has 5 heteroatoms. The monoisotopic (exact) mass is 321 g/mol. The first kappa shape index (κ1) is 12.8. The molecule has 1 saturated heterocycles. The van der Waals surface area contributed by atoms with E-state index in [0.29, 0.717) is 11.3 Å². The molecule has 19 heavy (non-hydrogen) atoms. The molecular formula is C14H16BrN3O. The molecule has 0 saturated carbocycles. The Morgan fingerprint density at radius 2 is 2.11 bits per heavy atom. The molecule has 0 radical (unpaired) electrons. The molecule has 1 fully saturated rings. The number of nitrogens with zero attached hydrogens (tertiary/aromatic N) is 2. The lowest BCUT2D eigenvalue weighted by Crippen LogP contribution is -2.30. The van der Waals surface area contributed by atoms with Gasteiger partial charge in [0.2, 0.25) is 0 Å². The first-order valence-electron chi connectivity index (χ1n) is 6.52. The van der Waals surface area contributed by atoms with Crippen molar-refractivity contribution in [2.75, 3.05) is 20.1 Å². The second kappa shape index (κ2) is 5.06. The molecular weight excluding hydrogens is 306 g/mol. The minimum atomic E-state index is -0.0415. The van der Waals surface area contributed by atoms with Crippen LogP contribution in [-0.2, 0) is 0 Å². The zero-order chi connectivity index (χ0) is 13.4. The second-order valence-corrected chi connectivity index (χ2v) is 6.02. The van der Waals surface area contributed by atoms with Crippen molar-refractivity contribution in [1.82, 2.24) is 14.9 Å². The quantitative estimate of drug-likeness (QED) is 0.878. The summed E-state index contributed by atoms with van der Waals surface area (Å²) in [5.74, 6) is 1.19. The van der Waals surface area contributed by atoms with E-state index in [4.69, 9.17) is 0 Å². The van der Waals surface area contributed by atoms with Gasteiger partial charge in [-0.3, -0.25) is 4.79 Å². The van der Waals surface area contributed by atoms with Crippen LogP contribution in [0.1, 0.15) is 24.6 Å². The zero-order valence-electron chi connectivity index (χ0n) is 10.8. The molecule has 4 nitrogen and oxygen atoms in total. The third kappa shape index (κ3) is 2.44. The number of likely N-dealkylation sites (tertiary alicyclic amines) is 1. The largest absolute Gasteiger partial charge is 0.310 e. The predicted octanol–water partition coefficient (Wildman–Crippen LogP) is 2.49. The highest BCUT2D eigenvalue weighted by atomic mass is 79.9. The fraction of sp³-hybridized carbons (Fsp3) is 0.429. The van der Waals surface area contributed by atoms with Crippen molar-refractivity contribution in [3.63, 3.8) is 0 Å². The number of halogens is 1. The number of hydrogen-bond acceptors (Lipinski definition) is 3. The Kier molecular flexibility index (Phi) is 3.41. The normalized spacial score (nSPS) is 18.0. The number of fused-ring (bicyclic) bond motifs is 1. The van der Waals surface area contributed by atoms with E-state index in [-0.39, 0.29) is 5.56 Å². The van der Waals surface area contributed by atoms with Gasteiger partial charge < -0.3 is 9.88 Å². The molecule has 2 heterocycles. The Labute approximate surface area is 120 Å². The summed E-state index contributed by atoms with van der Waals surface area (Å²) in [7, 11) is 2.13. The maximum Gasteiger partial charge on any atom is 0.258 e. The van der Waals surface area contributed by atoms with Crippen LogP contribution >= 0.6 is 15.9 Å². The SMILES string of the molecule is CN1CCC(c2nc3c(Br)cccc3c(=O)[nH]2)CC1. The van der Waals surface area contributed by atoms with Gasteiger partial charge in [0.25, 0.3) is 5.56 Å². The summed E-state index contributed by atoms with van der Waals surface area (Å²) in [6, 6.07) is 5.59. The van der Waals surface area contributed by atoms with Gasteiger partial charge in [0.1, 0.15) is 5.82 Å². The number of para-hydroxylation sites is 1. The molecule has 0 bridgehead atoms. The van der Waals surface area contributed by atoms with Gasteiger partial charge in [-0.05, 0) is 61.0 Å². The van der Waals surface area contributed by atoms with Gasteiger partial charge in [-0.25, -0.2) is 4.98 Å². The van der Waals surface area contributed by atoms with Crippen molar-refractivity contribution < 1.29 is 0 Å². The van der Waals surface area contributed by atoms with E-state index in [1.165, 1.54) is 0 Å². The highest BCUT2D eigenvalue weighted by Crippen LogP contribution is 2.26. The molecule has 100 valence electrons. The lowest BCUT2D eigenvalue weighted by molar-refractivity contribution is 0.251. The highest BCUT2D eigenvalue weighted by Gasteiger charge is 2.21. The van der Waals surface area contributed by atoms with Crippen molar-refractivity contribution in [3.8, 4) is 0 Å². The van der Waals surface area contributed by atoms with Gasteiger partial charge in [-0.1, -0.05) is 6.07 Å². The fourth-order valence-electron chi connectivity index (χ4n) is 2.62. The van der Waals surface area contributed by atoms with Crippen LogP contribution in [0.5, 0.6) is 0 Å². The van der Waals surface area contributed by atoms with E-state index in [0.717, 1.165) is 41.7 Å². The average Bonchev–Trinajstić information content (AvgIpc) is 2.41. The molecule has 2 aromatic rings. The van der Waals surface area contributed by atoms with Crippen molar-refractivity contribution >= 4 is 26.8 Å². The Morgan fingerprint density at radius 3 is 2.84 bits per heavy atom. The van der Waals surface area contributed by atoms with Crippen molar-refractivity contribution in [3.05, 3.63) is 38.9 Å². The molecule has 1 aromatic carbocycles. The van der Waals surface area contributed by atoms with Crippen molar-refractivity contribution in [1.29, 1.82) is 0 Å². The summed E-state index contributed by atoms with van der Waals surface area (Å²) < 4.78 is 0.880. The van der Waals surface area contributed by atoms with Gasteiger partial charge in [-0.15, -0.1) is 0 Å². The third-order valence-corrected chi connectivity index (χ3v) is 4.45. The number of aromatic amines is 1. The van der Waals surface area contributed by atoms with Gasteiger partial charge in [0, 0.05) is 10.4 Å². The summed E-state index contributed by atoms with van der Waals surface area (Å²) >= 11 is 3.48. The molecule has 0 amide bonds. The topological polar surface area (TPSA) is 49.0 Å². The van der Waals surface area contributed by atoms with Gasteiger partial charge in [0.15, 0.2) is 0 Å². The maximum atomic E-state index is 12.1. The summed E-state index contributed by atoms with van der Waals surface area (Å²) in [5, 5.41) is 0.644. The maximum absolute atomic E-state index is 12.1. The van der Waals surface area contributed by atoms with Crippen LogP contribution < -0.4 is 5.56 Å². The van der Waals surface area contributed by atoms with E-state index in [9.17, 15) is 4.79 Å². The number of nitrogens with one attached hydrogen (secondary N) is 1. The van der Waals surface area contributed by atoms with E-state index in [2.05, 4.69) is 37.8 Å². The lowest BCUT2D eigenvalue weighted by atomic mass is 9.96. The van der Waals surface area contributed by atoms with Crippen LogP contribution in [0.15, 0.2) is 27.5 Å². The smallest absolute Gasteiger partial charge is 0.258 e. The van der Waals surface area contributed by atoms with Gasteiger partial charge in [0.05, 0.1) is 10.9 Å². The van der Waals surface area contributed by atoms with Crippen LogP contribution in [0.2, 0.25) is 0 Å². The van der Waals surface area contributed by atoms with Crippen molar-refractivity contribution in [2.24, 2.45) is 0 Å². The van der Waals surface area contributed by atoms with Crippen LogP contribution in [0.25, 0.3) is 10.9 Å². The Morgan fingerprint density at radius 1 is 1.37 bits per heavy atom. The molecule has 0 aliphatic carbocycles.